The molecule has 0 unspecified atom stereocenters. The molecule has 2 atom stereocenters. The maximum Gasteiger partial charge on any atom is 0.328 e. The minimum absolute atomic E-state index is 0.105. The molecular weight excluding hydrogens is 280 g/mol. The van der Waals surface area contributed by atoms with E-state index in [9.17, 15) is 18.3 Å². The summed E-state index contributed by atoms with van der Waals surface area (Å²) in [6.45, 7) is 3.64. The average Bonchev–Trinajstić information content (AvgIpc) is 2.67. The molecule has 108 valence electrons. The first-order valence-corrected chi connectivity index (χ1v) is 7.78. The van der Waals surface area contributed by atoms with Crippen molar-refractivity contribution in [2.24, 2.45) is 10.9 Å². The lowest BCUT2D eigenvalue weighted by Gasteiger charge is -2.15. The minimum atomic E-state index is -3.63. The van der Waals surface area contributed by atoms with Crippen LogP contribution in [0.25, 0.3) is 0 Å². The summed E-state index contributed by atoms with van der Waals surface area (Å²) in [4.78, 5) is 15.5. The lowest BCUT2D eigenvalue weighted by Crippen LogP contribution is -2.30. The maximum atomic E-state index is 11.9. The molecule has 1 aliphatic rings. The van der Waals surface area contributed by atoms with Crippen LogP contribution in [0.4, 0.5) is 0 Å². The molecular formula is C13H16N2O4S. The van der Waals surface area contributed by atoms with Crippen LogP contribution in [-0.2, 0) is 14.8 Å². The van der Waals surface area contributed by atoms with Gasteiger partial charge in [0.1, 0.15) is 5.84 Å². The number of sulfonamides is 1. The highest BCUT2D eigenvalue weighted by molar-refractivity contribution is 7.90. The molecule has 0 spiro atoms. The normalized spacial score (nSPS) is 21.0. The molecule has 0 radical (unpaired) electrons. The Bertz CT molecular complexity index is 667. The van der Waals surface area contributed by atoms with Gasteiger partial charge in [-0.05, 0) is 18.1 Å². The number of nitrogens with zero attached hydrogens (tertiary/aromatic N) is 1. The summed E-state index contributed by atoms with van der Waals surface area (Å²) in [5, 5.41) is 9.23. The molecule has 1 aliphatic heterocycles. The van der Waals surface area contributed by atoms with Crippen LogP contribution in [0.2, 0.25) is 0 Å². The lowest BCUT2D eigenvalue weighted by molar-refractivity contribution is -0.139. The van der Waals surface area contributed by atoms with Crippen molar-refractivity contribution in [2.45, 2.75) is 31.2 Å². The van der Waals surface area contributed by atoms with Crippen LogP contribution in [0.5, 0.6) is 0 Å². The van der Waals surface area contributed by atoms with Crippen molar-refractivity contribution in [2.75, 3.05) is 0 Å². The third-order valence-electron chi connectivity index (χ3n) is 3.37. The quantitative estimate of drug-likeness (QED) is 0.873. The minimum Gasteiger partial charge on any atom is -0.480 e. The van der Waals surface area contributed by atoms with E-state index in [-0.39, 0.29) is 16.6 Å². The van der Waals surface area contributed by atoms with E-state index < -0.39 is 22.0 Å². The van der Waals surface area contributed by atoms with Gasteiger partial charge in [0.05, 0.1) is 4.90 Å². The summed E-state index contributed by atoms with van der Waals surface area (Å²) in [6, 6.07) is 5.42. The first kappa shape index (κ1) is 14.5. The van der Waals surface area contributed by atoms with Gasteiger partial charge in [0.15, 0.2) is 6.04 Å². The number of aliphatic carboxylic acids is 1. The highest BCUT2D eigenvalue weighted by Crippen LogP contribution is 2.23. The molecule has 7 heteroatoms. The zero-order chi connectivity index (χ0) is 14.9. The number of carboxylic acid groups (broad SMARTS) is 1. The van der Waals surface area contributed by atoms with Gasteiger partial charge in [0.25, 0.3) is 10.0 Å². The Morgan fingerprint density at radius 3 is 2.65 bits per heavy atom. The number of aliphatic imine (C=N–C) groups is 1. The summed E-state index contributed by atoms with van der Waals surface area (Å²) in [6.07, 6.45) is 0.641. The number of hydrogen-bond acceptors (Lipinski definition) is 4. The molecule has 0 saturated carbocycles. The number of hydrogen-bond donors (Lipinski definition) is 2. The summed E-state index contributed by atoms with van der Waals surface area (Å²) in [5.74, 6) is -1.14. The van der Waals surface area contributed by atoms with Crippen molar-refractivity contribution in [3.8, 4) is 0 Å². The molecule has 20 heavy (non-hydrogen) atoms. The van der Waals surface area contributed by atoms with Crippen LogP contribution < -0.4 is 4.72 Å². The molecule has 1 heterocycles. The number of carbonyl (C=O) groups is 1. The maximum absolute atomic E-state index is 11.9. The van der Waals surface area contributed by atoms with Gasteiger partial charge in [-0.1, -0.05) is 32.4 Å². The number of fused-ring (bicyclic) bond motifs is 1. The summed E-state index contributed by atoms with van der Waals surface area (Å²) in [7, 11) is -3.63. The number of amidine groups is 1. The van der Waals surface area contributed by atoms with Crippen LogP contribution in [-0.4, -0.2) is 31.4 Å². The molecule has 1 aromatic rings. The molecule has 2 rings (SSSR count). The van der Waals surface area contributed by atoms with Gasteiger partial charge in [-0.25, -0.2) is 13.2 Å². The second kappa shape index (κ2) is 5.24. The monoisotopic (exact) mass is 296 g/mol. The Labute approximate surface area is 117 Å². The molecule has 0 saturated heterocycles. The van der Waals surface area contributed by atoms with Crippen LogP contribution in [0.3, 0.4) is 0 Å². The predicted molar refractivity (Wildman–Crippen MR) is 74.2 cm³/mol. The van der Waals surface area contributed by atoms with Crippen molar-refractivity contribution in [1.82, 2.24) is 4.72 Å². The second-order valence-electron chi connectivity index (χ2n) is 4.75. The van der Waals surface area contributed by atoms with Crippen molar-refractivity contribution < 1.29 is 18.3 Å². The van der Waals surface area contributed by atoms with Gasteiger partial charge in [-0.15, -0.1) is 0 Å². The summed E-state index contributed by atoms with van der Waals surface area (Å²) >= 11 is 0. The van der Waals surface area contributed by atoms with Crippen molar-refractivity contribution in [3.63, 3.8) is 0 Å². The average molecular weight is 296 g/mol. The Morgan fingerprint density at radius 2 is 2.05 bits per heavy atom. The number of rotatable bonds is 4. The molecule has 0 aliphatic carbocycles. The van der Waals surface area contributed by atoms with Gasteiger partial charge in [0.2, 0.25) is 0 Å². The number of benzene rings is 1. The van der Waals surface area contributed by atoms with E-state index in [0.717, 1.165) is 0 Å². The van der Waals surface area contributed by atoms with E-state index in [1.54, 1.807) is 25.1 Å². The Kier molecular flexibility index (Phi) is 3.80. The van der Waals surface area contributed by atoms with E-state index in [4.69, 9.17) is 0 Å². The SMILES string of the molecule is CC[C@@H](C)[C@H](N=C1NS(=O)(=O)c2ccccc21)C(=O)O. The van der Waals surface area contributed by atoms with E-state index in [1.807, 2.05) is 6.92 Å². The van der Waals surface area contributed by atoms with Gasteiger partial charge in [-0.2, -0.15) is 0 Å². The van der Waals surface area contributed by atoms with Crippen molar-refractivity contribution in [1.29, 1.82) is 0 Å². The molecule has 6 nitrogen and oxygen atoms in total. The molecule has 0 fully saturated rings. The molecule has 0 amide bonds. The number of nitrogens with one attached hydrogen (secondary N) is 1. The van der Waals surface area contributed by atoms with Crippen LogP contribution >= 0.6 is 0 Å². The summed E-state index contributed by atoms with van der Waals surface area (Å²) in [5.41, 5.74) is 0.419. The number of carboxylic acids is 1. The molecule has 1 aromatic carbocycles. The Balaban J connectivity index is 2.49. The zero-order valence-corrected chi connectivity index (χ0v) is 12.0. The van der Waals surface area contributed by atoms with E-state index >= 15 is 0 Å². The van der Waals surface area contributed by atoms with E-state index in [0.29, 0.717) is 12.0 Å². The fourth-order valence-corrected chi connectivity index (χ4v) is 3.26. The molecule has 2 N–H and O–H groups in total. The molecule has 0 bridgehead atoms. The third-order valence-corrected chi connectivity index (χ3v) is 4.76. The smallest absolute Gasteiger partial charge is 0.328 e. The standard InChI is InChI=1S/C13H16N2O4S/c1-3-8(2)11(13(16)17)14-12-9-6-4-5-7-10(9)20(18,19)15-12/h4-8,11H,3H2,1-2H3,(H,14,15)(H,16,17)/t8-,11+/m1/s1. The fourth-order valence-electron chi connectivity index (χ4n) is 2.02. The van der Waals surface area contributed by atoms with E-state index in [1.165, 1.54) is 6.07 Å². The second-order valence-corrected chi connectivity index (χ2v) is 6.40. The van der Waals surface area contributed by atoms with Gasteiger partial charge in [0, 0.05) is 5.56 Å². The van der Waals surface area contributed by atoms with E-state index in [2.05, 4.69) is 9.71 Å². The third kappa shape index (κ3) is 2.53. The highest BCUT2D eigenvalue weighted by atomic mass is 32.2. The summed E-state index contributed by atoms with van der Waals surface area (Å²) < 4.78 is 26.1. The Morgan fingerprint density at radius 1 is 1.40 bits per heavy atom. The zero-order valence-electron chi connectivity index (χ0n) is 11.2. The highest BCUT2D eigenvalue weighted by Gasteiger charge is 2.32. The van der Waals surface area contributed by atoms with Crippen molar-refractivity contribution >= 4 is 21.8 Å². The van der Waals surface area contributed by atoms with Gasteiger partial charge < -0.3 is 5.11 Å². The lowest BCUT2D eigenvalue weighted by atomic mass is 10.00. The van der Waals surface area contributed by atoms with Crippen LogP contribution in [0, 0.1) is 5.92 Å². The first-order chi connectivity index (χ1) is 9.36. The fraction of sp³-hybridized carbons (Fsp3) is 0.385. The van der Waals surface area contributed by atoms with Crippen LogP contribution in [0.1, 0.15) is 25.8 Å². The van der Waals surface area contributed by atoms with Gasteiger partial charge in [-0.3, -0.25) is 9.71 Å². The first-order valence-electron chi connectivity index (χ1n) is 6.29. The van der Waals surface area contributed by atoms with Crippen molar-refractivity contribution in [3.05, 3.63) is 29.8 Å². The van der Waals surface area contributed by atoms with Gasteiger partial charge >= 0.3 is 5.97 Å². The largest absolute Gasteiger partial charge is 0.480 e. The Hall–Kier alpha value is -1.89. The topological polar surface area (TPSA) is 95.8 Å². The van der Waals surface area contributed by atoms with Crippen LogP contribution in [0.15, 0.2) is 34.2 Å². The molecule has 0 aromatic heterocycles. The predicted octanol–water partition coefficient (Wildman–Crippen LogP) is 1.22.